The van der Waals surface area contributed by atoms with Crippen LogP contribution in [0.2, 0.25) is 0 Å². The summed E-state index contributed by atoms with van der Waals surface area (Å²) in [6, 6.07) is 9.07. The number of carbonyl (C=O) groups is 2. The number of hydrogen-bond acceptors (Lipinski definition) is 5. The Bertz CT molecular complexity index is 875. The first-order valence-corrected chi connectivity index (χ1v) is 8.88. The number of nitrogen functional groups attached to an aromatic ring is 1. The number of rotatable bonds is 4. The summed E-state index contributed by atoms with van der Waals surface area (Å²) in [4.78, 5) is 31.2. The van der Waals surface area contributed by atoms with Crippen LogP contribution in [0.3, 0.4) is 0 Å². The third kappa shape index (κ3) is 3.72. The maximum absolute atomic E-state index is 12.9. The van der Waals surface area contributed by atoms with E-state index in [0.717, 1.165) is 16.8 Å². The van der Waals surface area contributed by atoms with E-state index in [1.807, 2.05) is 45.9 Å². The SMILES string of the molecule is Cc1cccc(C)c1NC(=O)CN1C(=O)C(C(C)C)Oc2ccc(N)nc21. The maximum Gasteiger partial charge on any atom is 0.270 e. The summed E-state index contributed by atoms with van der Waals surface area (Å²) in [6.07, 6.45) is -0.670. The average molecular weight is 368 g/mol. The number of nitrogens with zero attached hydrogens (tertiary/aromatic N) is 2. The molecule has 1 aliphatic rings. The molecule has 1 aromatic carbocycles. The Hall–Kier alpha value is -3.09. The highest BCUT2D eigenvalue weighted by molar-refractivity contribution is 6.06. The van der Waals surface area contributed by atoms with Gasteiger partial charge < -0.3 is 15.8 Å². The number of amides is 2. The van der Waals surface area contributed by atoms with Gasteiger partial charge in [-0.15, -0.1) is 0 Å². The Labute approximate surface area is 158 Å². The fourth-order valence-corrected chi connectivity index (χ4v) is 3.09. The molecule has 0 spiro atoms. The molecule has 7 nitrogen and oxygen atoms in total. The molecular formula is C20H24N4O3. The Morgan fingerprint density at radius 1 is 1.26 bits per heavy atom. The number of nitrogens with two attached hydrogens (primary N) is 1. The lowest BCUT2D eigenvalue weighted by Crippen LogP contribution is -2.51. The van der Waals surface area contributed by atoms with Crippen molar-refractivity contribution in [3.05, 3.63) is 41.5 Å². The number of anilines is 3. The fraction of sp³-hybridized carbons (Fsp3) is 0.350. The first kappa shape index (κ1) is 18.7. The van der Waals surface area contributed by atoms with Gasteiger partial charge in [-0.1, -0.05) is 32.0 Å². The monoisotopic (exact) mass is 368 g/mol. The largest absolute Gasteiger partial charge is 0.476 e. The van der Waals surface area contributed by atoms with Crippen LogP contribution in [0, 0.1) is 19.8 Å². The molecule has 2 aromatic rings. The molecule has 3 rings (SSSR count). The minimum atomic E-state index is -0.670. The number of pyridine rings is 1. The van der Waals surface area contributed by atoms with Crippen LogP contribution in [0.1, 0.15) is 25.0 Å². The van der Waals surface area contributed by atoms with Crippen LogP contribution in [0.25, 0.3) is 0 Å². The van der Waals surface area contributed by atoms with E-state index in [9.17, 15) is 9.59 Å². The van der Waals surface area contributed by atoms with Gasteiger partial charge in [-0.25, -0.2) is 4.98 Å². The van der Waals surface area contributed by atoms with Crippen LogP contribution in [-0.4, -0.2) is 29.4 Å². The summed E-state index contributed by atoms with van der Waals surface area (Å²) < 4.78 is 5.79. The molecule has 1 atom stereocenters. The molecule has 3 N–H and O–H groups in total. The molecule has 0 fully saturated rings. The summed E-state index contributed by atoms with van der Waals surface area (Å²) in [6.45, 7) is 7.48. The van der Waals surface area contributed by atoms with Crippen LogP contribution in [-0.2, 0) is 9.59 Å². The van der Waals surface area contributed by atoms with E-state index < -0.39 is 6.10 Å². The van der Waals surface area contributed by atoms with Crippen molar-refractivity contribution in [1.82, 2.24) is 4.98 Å². The highest BCUT2D eigenvalue weighted by Crippen LogP contribution is 2.34. The summed E-state index contributed by atoms with van der Waals surface area (Å²) >= 11 is 0. The van der Waals surface area contributed by atoms with Crippen LogP contribution in [0.4, 0.5) is 17.3 Å². The van der Waals surface area contributed by atoms with Gasteiger partial charge in [-0.05, 0) is 43.0 Å². The molecule has 1 aliphatic heterocycles. The summed E-state index contributed by atoms with van der Waals surface area (Å²) in [5.74, 6) is 0.323. The van der Waals surface area contributed by atoms with Crippen molar-refractivity contribution in [3.8, 4) is 5.75 Å². The molecule has 1 aromatic heterocycles. The van der Waals surface area contributed by atoms with Crippen molar-refractivity contribution in [2.75, 3.05) is 22.5 Å². The van der Waals surface area contributed by atoms with Crippen molar-refractivity contribution in [1.29, 1.82) is 0 Å². The molecule has 2 amide bonds. The minimum Gasteiger partial charge on any atom is -0.476 e. The normalized spacial score (nSPS) is 16.1. The molecule has 0 radical (unpaired) electrons. The molecular weight excluding hydrogens is 344 g/mol. The molecule has 0 saturated heterocycles. The van der Waals surface area contributed by atoms with Crippen LogP contribution < -0.4 is 20.7 Å². The highest BCUT2D eigenvalue weighted by atomic mass is 16.5. The standard InChI is InChI=1S/C20H24N4O3/c1-11(2)18-20(26)24(19-14(27-18)8-9-15(21)22-19)10-16(25)23-17-12(3)6-5-7-13(17)4/h5-9,11,18H,10H2,1-4H3,(H2,21,22)(H,23,25). The Morgan fingerprint density at radius 2 is 1.93 bits per heavy atom. The third-order valence-electron chi connectivity index (χ3n) is 4.53. The Balaban J connectivity index is 1.89. The van der Waals surface area contributed by atoms with E-state index >= 15 is 0 Å². The van der Waals surface area contributed by atoms with E-state index in [2.05, 4.69) is 10.3 Å². The van der Waals surface area contributed by atoms with E-state index in [1.54, 1.807) is 12.1 Å². The number of carbonyl (C=O) groups excluding carboxylic acids is 2. The summed E-state index contributed by atoms with van der Waals surface area (Å²) in [5.41, 5.74) is 8.44. The van der Waals surface area contributed by atoms with Gasteiger partial charge in [0, 0.05) is 5.69 Å². The maximum atomic E-state index is 12.9. The first-order chi connectivity index (χ1) is 12.8. The molecule has 27 heavy (non-hydrogen) atoms. The van der Waals surface area contributed by atoms with Gasteiger partial charge >= 0.3 is 0 Å². The van der Waals surface area contributed by atoms with Crippen LogP contribution in [0.15, 0.2) is 30.3 Å². The molecule has 0 aliphatic carbocycles. The lowest BCUT2D eigenvalue weighted by atomic mass is 10.0. The second-order valence-electron chi connectivity index (χ2n) is 7.08. The lowest BCUT2D eigenvalue weighted by Gasteiger charge is -2.34. The predicted molar refractivity (Wildman–Crippen MR) is 105 cm³/mol. The van der Waals surface area contributed by atoms with Crippen molar-refractivity contribution < 1.29 is 14.3 Å². The smallest absolute Gasteiger partial charge is 0.270 e. The quantitative estimate of drug-likeness (QED) is 0.865. The van der Waals surface area contributed by atoms with Gasteiger partial charge in [0.1, 0.15) is 12.4 Å². The number of fused-ring (bicyclic) bond motifs is 1. The van der Waals surface area contributed by atoms with Gasteiger partial charge in [0.05, 0.1) is 0 Å². The van der Waals surface area contributed by atoms with E-state index in [1.165, 1.54) is 4.90 Å². The summed E-state index contributed by atoms with van der Waals surface area (Å²) in [5, 5.41) is 2.90. The van der Waals surface area contributed by atoms with Crippen LogP contribution >= 0.6 is 0 Å². The minimum absolute atomic E-state index is 0.0487. The van der Waals surface area contributed by atoms with Gasteiger partial charge in [-0.2, -0.15) is 0 Å². The van der Waals surface area contributed by atoms with Crippen LogP contribution in [0.5, 0.6) is 5.75 Å². The number of para-hydroxylation sites is 1. The van der Waals surface area contributed by atoms with E-state index in [4.69, 9.17) is 10.5 Å². The number of ether oxygens (including phenoxy) is 1. The zero-order chi connectivity index (χ0) is 19.7. The van der Waals surface area contributed by atoms with Gasteiger partial charge in [0.15, 0.2) is 17.7 Å². The number of aryl methyl sites for hydroxylation is 2. The number of aromatic nitrogens is 1. The van der Waals surface area contributed by atoms with Gasteiger partial charge in [0.2, 0.25) is 5.91 Å². The topological polar surface area (TPSA) is 97.5 Å². The Kier molecular flexibility index (Phi) is 5.03. The van der Waals surface area contributed by atoms with Crippen molar-refractivity contribution >= 4 is 29.1 Å². The number of hydrogen-bond donors (Lipinski definition) is 2. The molecule has 0 saturated carbocycles. The fourth-order valence-electron chi connectivity index (χ4n) is 3.09. The second-order valence-corrected chi connectivity index (χ2v) is 7.08. The molecule has 1 unspecified atom stereocenters. The molecule has 0 bridgehead atoms. The number of benzene rings is 1. The van der Waals surface area contributed by atoms with E-state index in [0.29, 0.717) is 5.75 Å². The third-order valence-corrected chi connectivity index (χ3v) is 4.53. The Morgan fingerprint density at radius 3 is 2.56 bits per heavy atom. The average Bonchev–Trinajstić information content (AvgIpc) is 2.60. The van der Waals surface area contributed by atoms with Gasteiger partial charge in [-0.3, -0.25) is 14.5 Å². The van der Waals surface area contributed by atoms with Crippen molar-refractivity contribution in [2.45, 2.75) is 33.8 Å². The highest BCUT2D eigenvalue weighted by Gasteiger charge is 2.38. The van der Waals surface area contributed by atoms with E-state index in [-0.39, 0.29) is 35.9 Å². The van der Waals surface area contributed by atoms with Crippen molar-refractivity contribution in [2.24, 2.45) is 5.92 Å². The zero-order valence-corrected chi connectivity index (χ0v) is 15.9. The summed E-state index contributed by atoms with van der Waals surface area (Å²) in [7, 11) is 0. The molecule has 2 heterocycles. The van der Waals surface area contributed by atoms with Crippen molar-refractivity contribution in [3.63, 3.8) is 0 Å². The second kappa shape index (κ2) is 7.26. The molecule has 142 valence electrons. The lowest BCUT2D eigenvalue weighted by molar-refractivity contribution is -0.129. The van der Waals surface area contributed by atoms with Gasteiger partial charge in [0.25, 0.3) is 5.91 Å². The predicted octanol–water partition coefficient (Wildman–Crippen LogP) is 2.67. The number of nitrogens with one attached hydrogen (secondary N) is 1. The zero-order valence-electron chi connectivity index (χ0n) is 15.9. The first-order valence-electron chi connectivity index (χ1n) is 8.88. The molecule has 7 heteroatoms.